The highest BCUT2D eigenvalue weighted by Crippen LogP contribution is 2.29. The minimum atomic E-state index is -0.0872. The molecule has 2 aliphatic rings. The first-order valence-electron chi connectivity index (χ1n) is 7.97. The van der Waals surface area contributed by atoms with Crippen molar-refractivity contribution in [2.24, 2.45) is 0 Å². The molecule has 1 N–H and O–H groups in total. The lowest BCUT2D eigenvalue weighted by molar-refractivity contribution is 0.188. The number of halogens is 1. The number of fused-ring (bicyclic) bond motifs is 1. The zero-order valence-corrected chi connectivity index (χ0v) is 14.0. The highest BCUT2D eigenvalue weighted by molar-refractivity contribution is 6.29. The number of aromatic nitrogens is 2. The van der Waals surface area contributed by atoms with Crippen molar-refractivity contribution in [1.29, 1.82) is 0 Å². The molecule has 2 aliphatic heterocycles. The fourth-order valence-corrected chi connectivity index (χ4v) is 3.58. The summed E-state index contributed by atoms with van der Waals surface area (Å²) >= 11 is 6.16. The summed E-state index contributed by atoms with van der Waals surface area (Å²) in [5, 5.41) is 4.11. The molecule has 116 valence electrons. The molecule has 1 aromatic heterocycles. The van der Waals surface area contributed by atoms with Crippen LogP contribution < -0.4 is 5.32 Å². The summed E-state index contributed by atoms with van der Waals surface area (Å²) in [5.41, 5.74) is -0.0872. The summed E-state index contributed by atoms with van der Waals surface area (Å²) in [6.45, 7) is 8.82. The van der Waals surface area contributed by atoms with Crippen molar-refractivity contribution in [2.45, 2.75) is 64.0 Å². The van der Waals surface area contributed by atoms with Gasteiger partial charge in [0, 0.05) is 30.1 Å². The molecule has 21 heavy (non-hydrogen) atoms. The predicted molar refractivity (Wildman–Crippen MR) is 87.0 cm³/mol. The molecule has 2 saturated heterocycles. The van der Waals surface area contributed by atoms with Crippen LogP contribution in [0.25, 0.3) is 0 Å². The van der Waals surface area contributed by atoms with Crippen molar-refractivity contribution in [3.63, 3.8) is 0 Å². The maximum absolute atomic E-state index is 6.16. The average Bonchev–Trinajstić information content (AvgIpc) is 2.84. The molecule has 0 saturated carbocycles. The van der Waals surface area contributed by atoms with E-state index in [4.69, 9.17) is 11.6 Å². The van der Waals surface area contributed by atoms with E-state index in [0.29, 0.717) is 11.2 Å². The Bertz CT molecular complexity index is 511. The summed E-state index contributed by atoms with van der Waals surface area (Å²) in [4.78, 5) is 11.7. The lowest BCUT2D eigenvalue weighted by Gasteiger charge is -2.35. The van der Waals surface area contributed by atoms with E-state index >= 15 is 0 Å². The van der Waals surface area contributed by atoms with E-state index in [9.17, 15) is 0 Å². The Morgan fingerprint density at radius 3 is 2.81 bits per heavy atom. The molecule has 0 spiro atoms. The number of nitrogens with one attached hydrogen (secondary N) is 1. The van der Waals surface area contributed by atoms with Crippen molar-refractivity contribution >= 4 is 17.4 Å². The van der Waals surface area contributed by atoms with E-state index in [-0.39, 0.29) is 5.41 Å². The lowest BCUT2D eigenvalue weighted by atomic mass is 9.95. The van der Waals surface area contributed by atoms with Crippen molar-refractivity contribution in [3.05, 3.63) is 17.0 Å². The molecule has 1 aromatic rings. The summed E-state index contributed by atoms with van der Waals surface area (Å²) in [7, 11) is 0. The van der Waals surface area contributed by atoms with Crippen molar-refractivity contribution in [3.8, 4) is 0 Å². The van der Waals surface area contributed by atoms with Crippen LogP contribution in [0, 0.1) is 0 Å². The van der Waals surface area contributed by atoms with Gasteiger partial charge in [-0.25, -0.2) is 9.97 Å². The third kappa shape index (κ3) is 3.49. The van der Waals surface area contributed by atoms with Gasteiger partial charge in [-0.2, -0.15) is 0 Å². The van der Waals surface area contributed by atoms with Crippen LogP contribution >= 0.6 is 11.6 Å². The number of rotatable bonds is 2. The van der Waals surface area contributed by atoms with Gasteiger partial charge in [-0.1, -0.05) is 32.4 Å². The van der Waals surface area contributed by atoms with E-state index < -0.39 is 0 Å². The number of hydrogen-bond acceptors (Lipinski definition) is 4. The maximum atomic E-state index is 6.16. The molecule has 2 fully saturated rings. The van der Waals surface area contributed by atoms with E-state index in [1.165, 1.54) is 38.8 Å². The van der Waals surface area contributed by atoms with Crippen molar-refractivity contribution < 1.29 is 0 Å². The lowest BCUT2D eigenvalue weighted by Crippen LogP contribution is -2.42. The zero-order valence-electron chi connectivity index (χ0n) is 13.2. The molecular weight excluding hydrogens is 284 g/mol. The van der Waals surface area contributed by atoms with Crippen LogP contribution in [0.15, 0.2) is 6.07 Å². The van der Waals surface area contributed by atoms with Gasteiger partial charge in [0.1, 0.15) is 16.8 Å². The van der Waals surface area contributed by atoms with E-state index in [0.717, 1.165) is 17.7 Å². The van der Waals surface area contributed by atoms with Crippen LogP contribution in [0.5, 0.6) is 0 Å². The topological polar surface area (TPSA) is 41.1 Å². The monoisotopic (exact) mass is 308 g/mol. The second-order valence-electron chi connectivity index (χ2n) is 7.35. The van der Waals surface area contributed by atoms with Crippen molar-refractivity contribution in [2.75, 3.05) is 18.4 Å². The second kappa shape index (κ2) is 5.73. The summed E-state index contributed by atoms with van der Waals surface area (Å²) in [6, 6.07) is 3.11. The van der Waals surface area contributed by atoms with Gasteiger partial charge in [0.05, 0.1) is 0 Å². The van der Waals surface area contributed by atoms with Gasteiger partial charge in [-0.3, -0.25) is 0 Å². The third-order valence-electron chi connectivity index (χ3n) is 4.54. The van der Waals surface area contributed by atoms with Gasteiger partial charge in [0.2, 0.25) is 0 Å². The molecule has 0 amide bonds. The molecule has 0 aliphatic carbocycles. The molecule has 5 heteroatoms. The second-order valence-corrected chi connectivity index (χ2v) is 7.73. The number of nitrogens with zero attached hydrogens (tertiary/aromatic N) is 3. The smallest absolute Gasteiger partial charge is 0.137 e. The highest BCUT2D eigenvalue weighted by Gasteiger charge is 2.31. The van der Waals surface area contributed by atoms with E-state index in [1.807, 2.05) is 6.07 Å². The molecule has 3 heterocycles. The molecule has 2 atom stereocenters. The Morgan fingerprint density at radius 1 is 1.24 bits per heavy atom. The van der Waals surface area contributed by atoms with E-state index in [2.05, 4.69) is 41.0 Å². The molecule has 0 aromatic carbocycles. The van der Waals surface area contributed by atoms with Gasteiger partial charge < -0.3 is 10.2 Å². The molecular formula is C16H25ClN4. The first-order valence-corrected chi connectivity index (χ1v) is 8.35. The quantitative estimate of drug-likeness (QED) is 0.849. The largest absolute Gasteiger partial charge is 0.367 e. The number of anilines is 1. The molecule has 3 rings (SSSR count). The Labute approximate surface area is 132 Å². The van der Waals surface area contributed by atoms with Crippen LogP contribution in [0.4, 0.5) is 5.82 Å². The Kier molecular flexibility index (Phi) is 4.10. The predicted octanol–water partition coefficient (Wildman–Crippen LogP) is 3.47. The van der Waals surface area contributed by atoms with Gasteiger partial charge >= 0.3 is 0 Å². The standard InChI is InChI=1S/C16H25ClN4/c1-16(2,3)15-19-13(17)10-14(20-15)18-11-6-8-21-7-4-5-12(21)9-11/h10-12H,4-9H2,1-3H3,(H,18,19,20). The Morgan fingerprint density at radius 2 is 2.05 bits per heavy atom. The highest BCUT2D eigenvalue weighted by atomic mass is 35.5. The molecule has 4 nitrogen and oxygen atoms in total. The molecule has 2 unspecified atom stereocenters. The van der Waals surface area contributed by atoms with E-state index in [1.54, 1.807) is 0 Å². The van der Waals surface area contributed by atoms with Crippen LogP contribution in [0.2, 0.25) is 5.15 Å². The Hall–Kier alpha value is -0.870. The van der Waals surface area contributed by atoms with Crippen LogP contribution in [-0.4, -0.2) is 40.0 Å². The minimum absolute atomic E-state index is 0.0872. The van der Waals surface area contributed by atoms with Gasteiger partial charge in [-0.15, -0.1) is 0 Å². The van der Waals surface area contributed by atoms with Crippen molar-refractivity contribution in [1.82, 2.24) is 14.9 Å². The van der Waals surface area contributed by atoms with Gasteiger partial charge in [0.25, 0.3) is 0 Å². The zero-order chi connectivity index (χ0) is 15.0. The minimum Gasteiger partial charge on any atom is -0.367 e. The fourth-order valence-electron chi connectivity index (χ4n) is 3.39. The summed E-state index contributed by atoms with van der Waals surface area (Å²) in [5.74, 6) is 1.67. The SMILES string of the molecule is CC(C)(C)c1nc(Cl)cc(NC2CCN3CCCC3C2)n1. The molecule has 0 bridgehead atoms. The van der Waals surface area contributed by atoms with Crippen LogP contribution in [0.3, 0.4) is 0 Å². The fraction of sp³-hybridized carbons (Fsp3) is 0.750. The van der Waals surface area contributed by atoms with Gasteiger partial charge in [0.15, 0.2) is 0 Å². The maximum Gasteiger partial charge on any atom is 0.137 e. The Balaban J connectivity index is 1.71. The third-order valence-corrected chi connectivity index (χ3v) is 4.73. The number of hydrogen-bond donors (Lipinski definition) is 1. The normalized spacial score (nSPS) is 26.7. The number of piperidine rings is 1. The first-order chi connectivity index (χ1) is 9.91. The van der Waals surface area contributed by atoms with Gasteiger partial charge in [-0.05, 0) is 32.2 Å². The van der Waals surface area contributed by atoms with Crippen LogP contribution in [0.1, 0.15) is 52.3 Å². The van der Waals surface area contributed by atoms with Crippen LogP contribution in [-0.2, 0) is 5.41 Å². The summed E-state index contributed by atoms with van der Waals surface area (Å²) in [6.07, 6.45) is 5.09. The average molecular weight is 309 g/mol. The molecule has 0 radical (unpaired) electrons. The summed E-state index contributed by atoms with van der Waals surface area (Å²) < 4.78 is 0. The first kappa shape index (κ1) is 15.0.